The highest BCUT2D eigenvalue weighted by Gasteiger charge is 2.17. The SMILES string of the molecule is COc1ccc(Br)cc1C(N)c1ccc(Cl)o1. The Morgan fingerprint density at radius 3 is 2.71 bits per heavy atom. The molecule has 2 aromatic rings. The first-order valence-corrected chi connectivity index (χ1v) is 6.13. The van der Waals surface area contributed by atoms with E-state index in [0.29, 0.717) is 16.7 Å². The average molecular weight is 317 g/mol. The van der Waals surface area contributed by atoms with Crippen LogP contribution in [0.15, 0.2) is 39.2 Å². The summed E-state index contributed by atoms with van der Waals surface area (Å²) in [5.74, 6) is 1.32. The lowest BCUT2D eigenvalue weighted by molar-refractivity contribution is 0.403. The number of furan rings is 1. The molecule has 1 aromatic heterocycles. The summed E-state index contributed by atoms with van der Waals surface area (Å²) in [6.45, 7) is 0. The Labute approximate surface area is 113 Å². The maximum atomic E-state index is 6.12. The molecule has 5 heteroatoms. The standard InChI is InChI=1S/C12H11BrClNO2/c1-16-9-3-2-7(13)6-8(9)12(15)10-4-5-11(14)17-10/h2-6,12H,15H2,1H3. The van der Waals surface area contributed by atoms with Crippen molar-refractivity contribution in [1.29, 1.82) is 0 Å². The van der Waals surface area contributed by atoms with E-state index < -0.39 is 6.04 Å². The Balaban J connectivity index is 2.42. The minimum absolute atomic E-state index is 0.324. The maximum Gasteiger partial charge on any atom is 0.193 e. The molecule has 2 rings (SSSR count). The Bertz CT molecular complexity index is 527. The number of rotatable bonds is 3. The summed E-state index contributed by atoms with van der Waals surface area (Å²) in [6.07, 6.45) is 0. The molecule has 0 fully saturated rings. The third kappa shape index (κ3) is 2.65. The molecule has 17 heavy (non-hydrogen) atoms. The Hall–Kier alpha value is -0.970. The van der Waals surface area contributed by atoms with Gasteiger partial charge in [0.05, 0.1) is 13.2 Å². The Morgan fingerprint density at radius 2 is 2.12 bits per heavy atom. The summed E-state index contributed by atoms with van der Waals surface area (Å²) in [4.78, 5) is 0. The van der Waals surface area contributed by atoms with Crippen LogP contribution >= 0.6 is 27.5 Å². The van der Waals surface area contributed by atoms with Crippen LogP contribution < -0.4 is 10.5 Å². The van der Waals surface area contributed by atoms with Crippen LogP contribution in [0.5, 0.6) is 5.75 Å². The molecule has 1 unspecified atom stereocenters. The minimum Gasteiger partial charge on any atom is -0.496 e. The molecule has 1 aromatic carbocycles. The van der Waals surface area contributed by atoms with Crippen LogP contribution in [0.1, 0.15) is 17.4 Å². The summed E-state index contributed by atoms with van der Waals surface area (Å²) >= 11 is 9.14. The van der Waals surface area contributed by atoms with Gasteiger partial charge in [-0.2, -0.15) is 0 Å². The second kappa shape index (κ2) is 5.12. The van der Waals surface area contributed by atoms with E-state index in [1.165, 1.54) is 0 Å². The fraction of sp³-hybridized carbons (Fsp3) is 0.167. The van der Waals surface area contributed by atoms with Gasteiger partial charge in [-0.05, 0) is 41.9 Å². The van der Waals surface area contributed by atoms with Gasteiger partial charge in [-0.25, -0.2) is 0 Å². The normalized spacial score (nSPS) is 12.5. The molecule has 1 atom stereocenters. The van der Waals surface area contributed by atoms with Crippen LogP contribution in [0, 0.1) is 0 Å². The van der Waals surface area contributed by atoms with Gasteiger partial charge in [-0.3, -0.25) is 0 Å². The highest BCUT2D eigenvalue weighted by molar-refractivity contribution is 9.10. The van der Waals surface area contributed by atoms with Gasteiger partial charge in [-0.1, -0.05) is 15.9 Å². The van der Waals surface area contributed by atoms with E-state index in [0.717, 1.165) is 10.0 Å². The molecule has 3 nitrogen and oxygen atoms in total. The first-order valence-electron chi connectivity index (χ1n) is 4.96. The van der Waals surface area contributed by atoms with Gasteiger partial charge in [0.15, 0.2) is 5.22 Å². The predicted molar refractivity (Wildman–Crippen MR) is 70.4 cm³/mol. The third-order valence-electron chi connectivity index (χ3n) is 2.43. The van der Waals surface area contributed by atoms with Crippen molar-refractivity contribution in [3.05, 3.63) is 51.3 Å². The van der Waals surface area contributed by atoms with Crippen molar-refractivity contribution in [2.75, 3.05) is 7.11 Å². The van der Waals surface area contributed by atoms with Crippen molar-refractivity contribution >= 4 is 27.5 Å². The number of ether oxygens (including phenoxy) is 1. The van der Waals surface area contributed by atoms with Crippen LogP contribution in [0.3, 0.4) is 0 Å². The van der Waals surface area contributed by atoms with Crippen LogP contribution in [0.2, 0.25) is 5.22 Å². The molecule has 2 N–H and O–H groups in total. The van der Waals surface area contributed by atoms with E-state index in [1.807, 2.05) is 18.2 Å². The average Bonchev–Trinajstić information content (AvgIpc) is 2.75. The topological polar surface area (TPSA) is 48.4 Å². The van der Waals surface area contributed by atoms with Gasteiger partial charge in [0.2, 0.25) is 0 Å². The van der Waals surface area contributed by atoms with Gasteiger partial charge in [0, 0.05) is 10.0 Å². The lowest BCUT2D eigenvalue weighted by atomic mass is 10.0. The zero-order valence-corrected chi connectivity index (χ0v) is 11.5. The molecule has 0 aliphatic carbocycles. The largest absolute Gasteiger partial charge is 0.496 e. The van der Waals surface area contributed by atoms with E-state index >= 15 is 0 Å². The van der Waals surface area contributed by atoms with E-state index in [1.54, 1.807) is 19.2 Å². The molecule has 0 aliphatic rings. The number of methoxy groups -OCH3 is 1. The quantitative estimate of drug-likeness (QED) is 0.938. The Kier molecular flexibility index (Phi) is 3.76. The summed E-state index contributed by atoms with van der Waals surface area (Å²) < 4.78 is 11.5. The zero-order valence-electron chi connectivity index (χ0n) is 9.11. The molecule has 0 spiro atoms. The number of benzene rings is 1. The minimum atomic E-state index is -0.407. The predicted octanol–water partition coefficient (Wildman–Crippen LogP) is 3.75. The van der Waals surface area contributed by atoms with Gasteiger partial charge in [0.1, 0.15) is 11.5 Å². The van der Waals surface area contributed by atoms with E-state index in [-0.39, 0.29) is 0 Å². The molecule has 0 bridgehead atoms. The van der Waals surface area contributed by atoms with Gasteiger partial charge < -0.3 is 14.9 Å². The van der Waals surface area contributed by atoms with Crippen LogP contribution in [0.25, 0.3) is 0 Å². The molecule has 1 heterocycles. The highest BCUT2D eigenvalue weighted by Crippen LogP contribution is 2.32. The monoisotopic (exact) mass is 315 g/mol. The summed E-state index contributed by atoms with van der Waals surface area (Å²) in [5.41, 5.74) is 6.96. The van der Waals surface area contributed by atoms with Crippen LogP contribution in [0.4, 0.5) is 0 Å². The van der Waals surface area contributed by atoms with Gasteiger partial charge in [-0.15, -0.1) is 0 Å². The number of halogens is 2. The van der Waals surface area contributed by atoms with Crippen molar-refractivity contribution < 1.29 is 9.15 Å². The van der Waals surface area contributed by atoms with Crippen molar-refractivity contribution in [3.8, 4) is 5.75 Å². The number of hydrogen-bond donors (Lipinski definition) is 1. The van der Waals surface area contributed by atoms with Crippen LogP contribution in [-0.2, 0) is 0 Å². The second-order valence-electron chi connectivity index (χ2n) is 3.51. The first-order chi connectivity index (χ1) is 8.11. The molecule has 90 valence electrons. The molecular weight excluding hydrogens is 305 g/mol. The van der Waals surface area contributed by atoms with E-state index in [9.17, 15) is 0 Å². The smallest absolute Gasteiger partial charge is 0.193 e. The molecular formula is C12H11BrClNO2. The van der Waals surface area contributed by atoms with Gasteiger partial charge >= 0.3 is 0 Å². The van der Waals surface area contributed by atoms with Gasteiger partial charge in [0.25, 0.3) is 0 Å². The van der Waals surface area contributed by atoms with Crippen molar-refractivity contribution in [1.82, 2.24) is 0 Å². The maximum absolute atomic E-state index is 6.12. The third-order valence-corrected chi connectivity index (χ3v) is 3.12. The zero-order chi connectivity index (χ0) is 12.4. The summed E-state index contributed by atoms with van der Waals surface area (Å²) in [5, 5.41) is 0.324. The molecule has 0 amide bonds. The molecule has 0 aliphatic heterocycles. The van der Waals surface area contributed by atoms with Crippen molar-refractivity contribution in [3.63, 3.8) is 0 Å². The van der Waals surface area contributed by atoms with E-state index in [4.69, 9.17) is 26.5 Å². The fourth-order valence-corrected chi connectivity index (χ4v) is 2.13. The lowest BCUT2D eigenvalue weighted by Crippen LogP contribution is -2.12. The van der Waals surface area contributed by atoms with Crippen molar-refractivity contribution in [2.45, 2.75) is 6.04 Å². The lowest BCUT2D eigenvalue weighted by Gasteiger charge is -2.14. The second-order valence-corrected chi connectivity index (χ2v) is 4.79. The first kappa shape index (κ1) is 12.5. The molecule has 0 saturated heterocycles. The van der Waals surface area contributed by atoms with E-state index in [2.05, 4.69) is 15.9 Å². The van der Waals surface area contributed by atoms with Crippen LogP contribution in [-0.4, -0.2) is 7.11 Å². The summed E-state index contributed by atoms with van der Waals surface area (Å²) in [6, 6.07) is 8.66. The highest BCUT2D eigenvalue weighted by atomic mass is 79.9. The number of nitrogens with two attached hydrogens (primary N) is 1. The fourth-order valence-electron chi connectivity index (χ4n) is 1.60. The summed E-state index contributed by atoms with van der Waals surface area (Å²) in [7, 11) is 1.61. The number of hydrogen-bond acceptors (Lipinski definition) is 3. The molecule has 0 radical (unpaired) electrons. The Morgan fingerprint density at radius 1 is 1.35 bits per heavy atom. The van der Waals surface area contributed by atoms with Crippen molar-refractivity contribution in [2.24, 2.45) is 5.73 Å². The molecule has 0 saturated carbocycles.